The van der Waals surface area contributed by atoms with Crippen molar-refractivity contribution in [2.45, 2.75) is 58.9 Å². The van der Waals surface area contributed by atoms with Crippen molar-refractivity contribution in [2.75, 3.05) is 0 Å². The van der Waals surface area contributed by atoms with Gasteiger partial charge in [0.1, 0.15) is 0 Å². The first-order valence-electron chi connectivity index (χ1n) is 7.41. The number of nitrogens with one attached hydrogen (secondary N) is 1. The quantitative estimate of drug-likeness (QED) is 0.751. The highest BCUT2D eigenvalue weighted by Crippen LogP contribution is 2.17. The summed E-state index contributed by atoms with van der Waals surface area (Å²) in [7, 11) is 0. The number of pyridine rings is 1. The van der Waals surface area contributed by atoms with Crippen molar-refractivity contribution >= 4 is 10.9 Å². The van der Waals surface area contributed by atoms with Gasteiger partial charge in [0, 0.05) is 18.4 Å². The zero-order chi connectivity index (χ0) is 13.7. The van der Waals surface area contributed by atoms with Crippen molar-refractivity contribution in [1.29, 1.82) is 0 Å². The number of aryl methyl sites for hydroxylation is 2. The molecule has 0 aliphatic carbocycles. The molecule has 1 N–H and O–H groups in total. The molecule has 2 aromatic rings. The summed E-state index contributed by atoms with van der Waals surface area (Å²) >= 11 is 0. The lowest BCUT2D eigenvalue weighted by molar-refractivity contribution is 0.561. The first-order valence-corrected chi connectivity index (χ1v) is 7.41. The summed E-state index contributed by atoms with van der Waals surface area (Å²) in [6.07, 6.45) is 9.53. The van der Waals surface area contributed by atoms with Crippen LogP contribution < -0.4 is 5.56 Å². The third-order valence-electron chi connectivity index (χ3n) is 3.78. The van der Waals surface area contributed by atoms with Crippen molar-refractivity contribution in [3.63, 3.8) is 0 Å². The molecule has 0 radical (unpaired) electrons. The third kappa shape index (κ3) is 3.28. The molecule has 0 spiro atoms. The van der Waals surface area contributed by atoms with Gasteiger partial charge in [-0.15, -0.1) is 0 Å². The largest absolute Gasteiger partial charge is 0.345 e. The molecule has 0 saturated carbocycles. The molecule has 0 aliphatic rings. The van der Waals surface area contributed by atoms with Crippen LogP contribution in [0.3, 0.4) is 0 Å². The second-order valence-electron chi connectivity index (χ2n) is 5.31. The van der Waals surface area contributed by atoms with Crippen LogP contribution in [-0.4, -0.2) is 9.55 Å². The number of rotatable bonds is 7. The van der Waals surface area contributed by atoms with Crippen LogP contribution in [0.1, 0.15) is 51.1 Å². The molecular weight excluding hydrogens is 236 g/mol. The van der Waals surface area contributed by atoms with E-state index in [1.807, 2.05) is 12.1 Å². The van der Waals surface area contributed by atoms with Crippen LogP contribution in [0.5, 0.6) is 0 Å². The van der Waals surface area contributed by atoms with Crippen LogP contribution in [0.2, 0.25) is 0 Å². The minimum atomic E-state index is 0.0160. The number of aromatic amines is 1. The minimum absolute atomic E-state index is 0.0160. The van der Waals surface area contributed by atoms with E-state index in [0.29, 0.717) is 0 Å². The van der Waals surface area contributed by atoms with E-state index in [2.05, 4.69) is 23.4 Å². The normalized spacial score (nSPS) is 11.3. The fraction of sp³-hybridized carbons (Fsp3) is 0.562. The van der Waals surface area contributed by atoms with Gasteiger partial charge in [-0.05, 0) is 25.5 Å². The molecule has 0 amide bonds. The smallest absolute Gasteiger partial charge is 0.257 e. The lowest BCUT2D eigenvalue weighted by atomic mass is 10.1. The number of unbranched alkanes of at least 4 members (excludes halogenated alkanes) is 5. The molecule has 0 atom stereocenters. The van der Waals surface area contributed by atoms with Crippen molar-refractivity contribution in [3.05, 3.63) is 34.4 Å². The van der Waals surface area contributed by atoms with E-state index in [1.54, 1.807) is 6.20 Å². The summed E-state index contributed by atoms with van der Waals surface area (Å²) in [5, 5.41) is 0.811. The van der Waals surface area contributed by atoms with Crippen LogP contribution in [0.25, 0.3) is 10.9 Å². The fourth-order valence-electron chi connectivity index (χ4n) is 2.68. The van der Waals surface area contributed by atoms with Crippen LogP contribution in [-0.2, 0) is 6.54 Å². The predicted molar refractivity (Wildman–Crippen MR) is 80.7 cm³/mol. The Morgan fingerprint density at radius 2 is 1.89 bits per heavy atom. The maximum Gasteiger partial charge on any atom is 0.257 e. The lowest BCUT2D eigenvalue weighted by Crippen LogP contribution is -2.05. The van der Waals surface area contributed by atoms with Crippen LogP contribution in [0.4, 0.5) is 0 Å². The van der Waals surface area contributed by atoms with E-state index in [4.69, 9.17) is 0 Å². The molecule has 2 rings (SSSR count). The van der Waals surface area contributed by atoms with Crippen LogP contribution >= 0.6 is 0 Å². The molecular formula is C16H24N2O. The Kier molecular flexibility index (Phi) is 4.83. The summed E-state index contributed by atoms with van der Waals surface area (Å²) in [6, 6.07) is 3.99. The molecule has 19 heavy (non-hydrogen) atoms. The predicted octanol–water partition coefficient (Wildman–Crippen LogP) is 4.00. The van der Waals surface area contributed by atoms with E-state index in [9.17, 15) is 4.79 Å². The van der Waals surface area contributed by atoms with Gasteiger partial charge in [-0.1, -0.05) is 39.0 Å². The molecule has 3 nitrogen and oxygen atoms in total. The molecule has 2 aromatic heterocycles. The number of H-pyrrole nitrogens is 1. The van der Waals surface area contributed by atoms with Gasteiger partial charge in [0.05, 0.1) is 10.9 Å². The van der Waals surface area contributed by atoms with Gasteiger partial charge in [0.15, 0.2) is 0 Å². The Morgan fingerprint density at radius 3 is 2.68 bits per heavy atom. The van der Waals surface area contributed by atoms with Gasteiger partial charge < -0.3 is 9.55 Å². The van der Waals surface area contributed by atoms with E-state index < -0.39 is 0 Å². The Morgan fingerprint density at radius 1 is 1.16 bits per heavy atom. The molecule has 0 fully saturated rings. The molecule has 0 aromatic carbocycles. The Balaban J connectivity index is 1.99. The summed E-state index contributed by atoms with van der Waals surface area (Å²) in [6.45, 7) is 5.34. The Labute approximate surface area is 114 Å². The highest BCUT2D eigenvalue weighted by Gasteiger charge is 2.07. The topological polar surface area (TPSA) is 37.8 Å². The molecule has 0 unspecified atom stereocenters. The molecule has 0 bridgehead atoms. The highest BCUT2D eigenvalue weighted by molar-refractivity contribution is 5.79. The summed E-state index contributed by atoms with van der Waals surface area (Å²) in [5.74, 6) is 0. The minimum Gasteiger partial charge on any atom is -0.345 e. The van der Waals surface area contributed by atoms with Gasteiger partial charge >= 0.3 is 0 Å². The number of aromatic nitrogens is 2. The standard InChI is InChI=1S/C16H24N2O/c1-3-4-5-6-7-8-11-18-13(2)12-14-15(18)9-10-17-16(14)19/h9-10,12H,3-8,11H2,1-2H3,(H,17,19). The number of hydrogen-bond donors (Lipinski definition) is 1. The van der Waals surface area contributed by atoms with Gasteiger partial charge in [-0.2, -0.15) is 0 Å². The maximum absolute atomic E-state index is 11.7. The third-order valence-corrected chi connectivity index (χ3v) is 3.78. The molecule has 3 heteroatoms. The van der Waals surface area contributed by atoms with Crippen molar-refractivity contribution in [2.24, 2.45) is 0 Å². The summed E-state index contributed by atoms with van der Waals surface area (Å²) < 4.78 is 2.27. The van der Waals surface area contributed by atoms with Gasteiger partial charge in [-0.25, -0.2) is 0 Å². The SMILES string of the molecule is CCCCCCCCn1c(C)cc2c(=O)[nH]ccc21. The van der Waals surface area contributed by atoms with E-state index in [0.717, 1.165) is 17.4 Å². The van der Waals surface area contributed by atoms with Crippen molar-refractivity contribution in [3.8, 4) is 0 Å². The number of nitrogens with zero attached hydrogens (tertiary/aromatic N) is 1. The van der Waals surface area contributed by atoms with E-state index in [1.165, 1.54) is 44.2 Å². The Bertz CT molecular complexity index is 580. The van der Waals surface area contributed by atoms with Gasteiger partial charge in [0.2, 0.25) is 0 Å². The average Bonchev–Trinajstić information content (AvgIpc) is 2.72. The summed E-state index contributed by atoms with van der Waals surface area (Å²) in [4.78, 5) is 14.5. The monoisotopic (exact) mass is 260 g/mol. The van der Waals surface area contributed by atoms with Gasteiger partial charge in [-0.3, -0.25) is 4.79 Å². The van der Waals surface area contributed by atoms with Crippen LogP contribution in [0, 0.1) is 6.92 Å². The van der Waals surface area contributed by atoms with Crippen LogP contribution in [0.15, 0.2) is 23.1 Å². The first-order chi connectivity index (χ1) is 9.24. The fourth-order valence-corrected chi connectivity index (χ4v) is 2.68. The summed E-state index contributed by atoms with van der Waals surface area (Å²) in [5.41, 5.74) is 2.26. The molecule has 104 valence electrons. The van der Waals surface area contributed by atoms with Crippen molar-refractivity contribution < 1.29 is 0 Å². The Hall–Kier alpha value is -1.51. The second-order valence-corrected chi connectivity index (χ2v) is 5.31. The van der Waals surface area contributed by atoms with Crippen molar-refractivity contribution in [1.82, 2.24) is 9.55 Å². The number of fused-ring (bicyclic) bond motifs is 1. The molecule has 2 heterocycles. The molecule has 0 saturated heterocycles. The highest BCUT2D eigenvalue weighted by atomic mass is 16.1. The first kappa shape index (κ1) is 13.9. The average molecular weight is 260 g/mol. The maximum atomic E-state index is 11.7. The zero-order valence-corrected chi connectivity index (χ0v) is 12.0. The second kappa shape index (κ2) is 6.60. The molecule has 0 aliphatic heterocycles. The van der Waals surface area contributed by atoms with E-state index >= 15 is 0 Å². The van der Waals surface area contributed by atoms with E-state index in [-0.39, 0.29) is 5.56 Å². The van der Waals surface area contributed by atoms with Gasteiger partial charge in [0.25, 0.3) is 5.56 Å². The lowest BCUT2D eigenvalue weighted by Gasteiger charge is -2.08. The number of hydrogen-bond acceptors (Lipinski definition) is 1. The zero-order valence-electron chi connectivity index (χ0n) is 12.0.